The number of aliphatic hydroxyl groups excluding tert-OH is 1. The van der Waals surface area contributed by atoms with Crippen LogP contribution in [0.15, 0.2) is 42.5 Å². The topological polar surface area (TPSA) is 65.0 Å². The number of fused-ring (bicyclic) bond motifs is 1. The summed E-state index contributed by atoms with van der Waals surface area (Å²) in [5.74, 6) is 0.849. The van der Waals surface area contributed by atoms with Crippen molar-refractivity contribution >= 4 is 23.2 Å². The molecule has 1 unspecified atom stereocenters. The summed E-state index contributed by atoms with van der Waals surface area (Å²) in [4.78, 5) is 16.8. The van der Waals surface area contributed by atoms with Crippen LogP contribution in [0.1, 0.15) is 28.8 Å². The van der Waals surface area contributed by atoms with Gasteiger partial charge in [0.25, 0.3) is 5.91 Å². The molecule has 2 N–H and O–H groups in total. The summed E-state index contributed by atoms with van der Waals surface area (Å²) in [6, 6.07) is 13.5. The Morgan fingerprint density at radius 3 is 2.74 bits per heavy atom. The fourth-order valence-electron chi connectivity index (χ4n) is 5.35. The third-order valence-electron chi connectivity index (χ3n) is 7.02. The molecule has 2 atom stereocenters. The molecule has 1 amide bonds. The maximum atomic E-state index is 12.3. The summed E-state index contributed by atoms with van der Waals surface area (Å²) >= 11 is 6.16. The summed E-state index contributed by atoms with van der Waals surface area (Å²) in [5.41, 5.74) is 2.56. The van der Waals surface area contributed by atoms with Crippen LogP contribution in [0.4, 0.5) is 5.69 Å². The third kappa shape index (κ3) is 3.77. The third-order valence-corrected chi connectivity index (χ3v) is 7.25. The number of halogens is 1. The van der Waals surface area contributed by atoms with E-state index in [1.165, 1.54) is 5.56 Å². The number of para-hydroxylation sites is 1. The highest BCUT2D eigenvalue weighted by Crippen LogP contribution is 2.42. The van der Waals surface area contributed by atoms with Gasteiger partial charge >= 0.3 is 0 Å². The second kappa shape index (κ2) is 8.01. The van der Waals surface area contributed by atoms with Crippen molar-refractivity contribution in [3.63, 3.8) is 0 Å². The number of likely N-dealkylation sites (tertiary alicyclic amines) is 1. The van der Waals surface area contributed by atoms with Gasteiger partial charge < -0.3 is 20.1 Å². The molecule has 2 aromatic rings. The number of hydrogen-bond donors (Lipinski definition) is 2. The van der Waals surface area contributed by atoms with Gasteiger partial charge in [0.1, 0.15) is 11.4 Å². The number of β-amino-alcohol motifs (C(OH)–C–C–N with tert-alkyl or cyclic N) is 1. The highest BCUT2D eigenvalue weighted by molar-refractivity contribution is 6.30. The van der Waals surface area contributed by atoms with E-state index in [4.69, 9.17) is 16.3 Å². The molecule has 1 spiro atoms. The van der Waals surface area contributed by atoms with Crippen LogP contribution in [0, 0.1) is 0 Å². The maximum Gasteiger partial charge on any atom is 0.253 e. The van der Waals surface area contributed by atoms with Gasteiger partial charge in [0.15, 0.2) is 0 Å². The van der Waals surface area contributed by atoms with Gasteiger partial charge in [-0.3, -0.25) is 9.69 Å². The number of benzene rings is 2. The lowest BCUT2D eigenvalue weighted by molar-refractivity contribution is -0.0107. The summed E-state index contributed by atoms with van der Waals surface area (Å²) in [6.07, 6.45) is 2.30. The Labute approximate surface area is 187 Å². The molecule has 2 aromatic carbocycles. The summed E-state index contributed by atoms with van der Waals surface area (Å²) in [6.45, 7) is 3.00. The number of anilines is 1. The van der Waals surface area contributed by atoms with E-state index < -0.39 is 6.10 Å². The van der Waals surface area contributed by atoms with Gasteiger partial charge in [-0.15, -0.1) is 0 Å². The fraction of sp³-hybridized carbons (Fsp3) is 0.458. The number of amides is 1. The minimum atomic E-state index is -0.452. The molecule has 6 nitrogen and oxygen atoms in total. The van der Waals surface area contributed by atoms with Gasteiger partial charge in [-0.2, -0.15) is 0 Å². The fourth-order valence-corrected chi connectivity index (χ4v) is 5.54. The molecule has 0 aromatic heterocycles. The Bertz CT molecular complexity index is 990. The number of ether oxygens (including phenoxy) is 1. The first-order chi connectivity index (χ1) is 15.0. The molecule has 2 saturated heterocycles. The van der Waals surface area contributed by atoms with Crippen molar-refractivity contribution in [2.45, 2.75) is 37.0 Å². The van der Waals surface area contributed by atoms with E-state index in [1.54, 1.807) is 7.05 Å². The molecule has 0 aliphatic carbocycles. The van der Waals surface area contributed by atoms with E-state index in [0.717, 1.165) is 48.8 Å². The van der Waals surface area contributed by atoms with Crippen LogP contribution < -0.4 is 15.0 Å². The van der Waals surface area contributed by atoms with Gasteiger partial charge in [-0.05, 0) is 35.9 Å². The van der Waals surface area contributed by atoms with Crippen molar-refractivity contribution in [2.75, 3.05) is 38.1 Å². The highest BCUT2D eigenvalue weighted by Gasteiger charge is 2.45. The Morgan fingerprint density at radius 2 is 1.97 bits per heavy atom. The van der Waals surface area contributed by atoms with E-state index in [9.17, 15) is 9.90 Å². The molecule has 31 heavy (non-hydrogen) atoms. The van der Waals surface area contributed by atoms with Crippen LogP contribution in [0.25, 0.3) is 0 Å². The van der Waals surface area contributed by atoms with Crippen molar-refractivity contribution < 1.29 is 14.6 Å². The lowest BCUT2D eigenvalue weighted by Crippen LogP contribution is -2.53. The lowest BCUT2D eigenvalue weighted by Gasteiger charge is -2.41. The second-order valence-corrected chi connectivity index (χ2v) is 9.32. The van der Waals surface area contributed by atoms with Crippen molar-refractivity contribution in [1.82, 2.24) is 10.2 Å². The number of piperidine rings is 1. The molecular formula is C24H28ClN3O3. The van der Waals surface area contributed by atoms with Crippen molar-refractivity contribution in [1.29, 1.82) is 0 Å². The predicted molar refractivity (Wildman–Crippen MR) is 121 cm³/mol. The largest absolute Gasteiger partial charge is 0.487 e. The average Bonchev–Trinajstić information content (AvgIpc) is 3.33. The number of rotatable bonds is 3. The van der Waals surface area contributed by atoms with Gasteiger partial charge in [-0.1, -0.05) is 23.7 Å². The Kier molecular flexibility index (Phi) is 5.32. The molecule has 164 valence electrons. The first-order valence-electron chi connectivity index (χ1n) is 10.9. The number of hydrogen-bond acceptors (Lipinski definition) is 5. The van der Waals surface area contributed by atoms with Crippen molar-refractivity contribution in [3.8, 4) is 5.75 Å². The Hall–Kier alpha value is -2.28. The summed E-state index contributed by atoms with van der Waals surface area (Å²) in [7, 11) is 1.64. The molecule has 3 aliphatic rings. The van der Waals surface area contributed by atoms with Crippen LogP contribution in [0.3, 0.4) is 0 Å². The normalized spacial score (nSPS) is 24.8. The predicted octanol–water partition coefficient (Wildman–Crippen LogP) is 2.72. The molecule has 3 heterocycles. The minimum Gasteiger partial charge on any atom is -0.487 e. The zero-order valence-corrected chi connectivity index (χ0v) is 18.4. The SMILES string of the molecule is CNC(=O)c1ccccc1N1CC(N2CCC3(CC2)Cc2cc(Cl)ccc2O3)[C@H](O)C1. The first-order valence-corrected chi connectivity index (χ1v) is 11.3. The molecule has 7 heteroatoms. The molecular weight excluding hydrogens is 414 g/mol. The Balaban J connectivity index is 1.26. The first kappa shape index (κ1) is 20.6. The Morgan fingerprint density at radius 1 is 1.19 bits per heavy atom. The molecule has 0 radical (unpaired) electrons. The van der Waals surface area contributed by atoms with E-state index in [-0.39, 0.29) is 17.6 Å². The zero-order chi connectivity index (χ0) is 21.6. The van der Waals surface area contributed by atoms with Gasteiger partial charge in [0.2, 0.25) is 0 Å². The van der Waals surface area contributed by atoms with Crippen LogP contribution in [-0.4, -0.2) is 66.9 Å². The van der Waals surface area contributed by atoms with E-state index >= 15 is 0 Å². The molecule has 2 fully saturated rings. The van der Waals surface area contributed by atoms with Gasteiger partial charge in [-0.25, -0.2) is 0 Å². The molecule has 0 bridgehead atoms. The van der Waals surface area contributed by atoms with E-state index in [0.29, 0.717) is 18.7 Å². The van der Waals surface area contributed by atoms with Crippen LogP contribution in [0.2, 0.25) is 5.02 Å². The van der Waals surface area contributed by atoms with Crippen LogP contribution in [-0.2, 0) is 6.42 Å². The monoisotopic (exact) mass is 441 g/mol. The number of nitrogens with zero attached hydrogens (tertiary/aromatic N) is 2. The second-order valence-electron chi connectivity index (χ2n) is 8.89. The van der Waals surface area contributed by atoms with Crippen molar-refractivity contribution in [2.24, 2.45) is 0 Å². The van der Waals surface area contributed by atoms with Crippen LogP contribution in [0.5, 0.6) is 5.75 Å². The van der Waals surface area contributed by atoms with E-state index in [2.05, 4.69) is 15.1 Å². The maximum absolute atomic E-state index is 12.3. The van der Waals surface area contributed by atoms with E-state index in [1.807, 2.05) is 42.5 Å². The number of nitrogens with one attached hydrogen (secondary N) is 1. The van der Waals surface area contributed by atoms with Crippen LogP contribution >= 0.6 is 11.6 Å². The number of aliphatic hydroxyl groups is 1. The molecule has 3 aliphatic heterocycles. The minimum absolute atomic E-state index is 0.0494. The smallest absolute Gasteiger partial charge is 0.253 e. The molecule has 0 saturated carbocycles. The average molecular weight is 442 g/mol. The summed E-state index contributed by atoms with van der Waals surface area (Å²) in [5, 5.41) is 14.3. The standard InChI is InChI=1S/C24H28ClN3O3/c1-26-23(30)18-4-2-3-5-19(18)28-14-20(21(29)15-28)27-10-8-24(9-11-27)13-16-12-17(25)6-7-22(16)31-24/h2-7,12,20-21,29H,8-11,13-15H2,1H3,(H,26,30)/t20?,21-/m1/s1. The number of carbonyl (C=O) groups excluding carboxylic acids is 1. The molecule has 5 rings (SSSR count). The van der Waals surface area contributed by atoms with Gasteiger partial charge in [0.05, 0.1) is 17.7 Å². The zero-order valence-electron chi connectivity index (χ0n) is 17.7. The lowest BCUT2D eigenvalue weighted by atomic mass is 9.86. The van der Waals surface area contributed by atoms with Crippen molar-refractivity contribution in [3.05, 3.63) is 58.6 Å². The highest BCUT2D eigenvalue weighted by atomic mass is 35.5. The summed E-state index contributed by atoms with van der Waals surface area (Å²) < 4.78 is 6.37. The quantitative estimate of drug-likeness (QED) is 0.766. The number of carbonyl (C=O) groups is 1. The van der Waals surface area contributed by atoms with Gasteiger partial charge in [0, 0.05) is 63.2 Å².